The van der Waals surface area contributed by atoms with Gasteiger partial charge in [0.05, 0.1) is 12.2 Å². The maximum absolute atomic E-state index is 12.8. The zero-order valence-electron chi connectivity index (χ0n) is 10.7. The Bertz CT molecular complexity index is 590. The molecular formula is C10H7F5N2O5. The van der Waals surface area contributed by atoms with Crippen LogP contribution in [0.1, 0.15) is 29.4 Å². The molecule has 0 aromatic carbocycles. The Morgan fingerprint density at radius 3 is 2.45 bits per heavy atom. The van der Waals surface area contributed by atoms with Gasteiger partial charge in [0.1, 0.15) is 0 Å². The van der Waals surface area contributed by atoms with Crippen LogP contribution in [-0.4, -0.2) is 28.8 Å². The minimum atomic E-state index is -5.41. The third kappa shape index (κ3) is 4.23. The molecule has 1 heterocycles. The predicted octanol–water partition coefficient (Wildman–Crippen LogP) is 3.00. The summed E-state index contributed by atoms with van der Waals surface area (Å²) in [5.74, 6) is -4.44. The van der Waals surface area contributed by atoms with Crippen molar-refractivity contribution in [3.05, 3.63) is 27.4 Å². The second kappa shape index (κ2) is 6.49. The van der Waals surface area contributed by atoms with E-state index in [1.165, 1.54) is 6.92 Å². The van der Waals surface area contributed by atoms with Crippen LogP contribution in [0.2, 0.25) is 0 Å². The van der Waals surface area contributed by atoms with Crippen LogP contribution < -0.4 is 4.74 Å². The first-order chi connectivity index (χ1) is 10.1. The van der Waals surface area contributed by atoms with Crippen LogP contribution >= 0.6 is 0 Å². The molecule has 0 saturated carbocycles. The number of hydrogen-bond acceptors (Lipinski definition) is 6. The van der Waals surface area contributed by atoms with Crippen molar-refractivity contribution in [3.63, 3.8) is 0 Å². The molecule has 0 fully saturated rings. The first kappa shape index (κ1) is 17.5. The summed E-state index contributed by atoms with van der Waals surface area (Å²) >= 11 is 0. The van der Waals surface area contributed by atoms with Crippen molar-refractivity contribution < 1.29 is 41.1 Å². The molecule has 0 aliphatic rings. The molecule has 0 N–H and O–H groups in total. The summed E-state index contributed by atoms with van der Waals surface area (Å²) in [5.41, 5.74) is -2.86. The molecule has 0 aliphatic heterocycles. The summed E-state index contributed by atoms with van der Waals surface area (Å²) < 4.78 is 70.2. The van der Waals surface area contributed by atoms with Gasteiger partial charge in [-0.2, -0.15) is 0 Å². The van der Waals surface area contributed by atoms with E-state index in [9.17, 15) is 36.9 Å². The second-order valence-corrected chi connectivity index (χ2v) is 3.57. The smallest absolute Gasteiger partial charge is 0.460 e. The van der Waals surface area contributed by atoms with Gasteiger partial charge in [-0.05, 0) is 16.8 Å². The van der Waals surface area contributed by atoms with E-state index in [1.54, 1.807) is 0 Å². The van der Waals surface area contributed by atoms with E-state index in [0.29, 0.717) is 0 Å². The van der Waals surface area contributed by atoms with Gasteiger partial charge in [-0.15, -0.1) is 13.2 Å². The lowest BCUT2D eigenvalue weighted by Crippen LogP contribution is -2.22. The number of nitrogens with zero attached hydrogens (tertiary/aromatic N) is 2. The molecule has 122 valence electrons. The molecule has 0 amide bonds. The van der Waals surface area contributed by atoms with E-state index in [-0.39, 0.29) is 12.7 Å². The third-order valence-electron chi connectivity index (χ3n) is 2.10. The van der Waals surface area contributed by atoms with Crippen molar-refractivity contribution in [1.29, 1.82) is 0 Å². The molecule has 1 rings (SSSR count). The highest BCUT2D eigenvalue weighted by molar-refractivity contribution is 5.91. The highest BCUT2D eigenvalue weighted by Crippen LogP contribution is 2.37. The summed E-state index contributed by atoms with van der Waals surface area (Å²) in [6, 6.07) is 0.0917. The number of esters is 1. The van der Waals surface area contributed by atoms with Crippen molar-refractivity contribution in [3.8, 4) is 5.75 Å². The van der Waals surface area contributed by atoms with Crippen LogP contribution in [0.15, 0.2) is 6.07 Å². The molecule has 0 radical (unpaired) electrons. The fourth-order valence-corrected chi connectivity index (χ4v) is 1.36. The fourth-order valence-electron chi connectivity index (χ4n) is 1.36. The van der Waals surface area contributed by atoms with Gasteiger partial charge in [0.25, 0.3) is 6.43 Å². The predicted molar refractivity (Wildman–Crippen MR) is 58.5 cm³/mol. The molecule has 1 aromatic rings. The molecule has 0 spiro atoms. The van der Waals surface area contributed by atoms with E-state index < -0.39 is 46.5 Å². The Balaban J connectivity index is 3.59. The average molecular weight is 330 g/mol. The number of ether oxygens (including phenoxy) is 2. The zero-order valence-corrected chi connectivity index (χ0v) is 10.7. The first-order valence-corrected chi connectivity index (χ1v) is 5.47. The molecule has 0 saturated heterocycles. The van der Waals surface area contributed by atoms with Crippen LogP contribution in [-0.2, 0) is 4.74 Å². The van der Waals surface area contributed by atoms with E-state index in [4.69, 9.17) is 0 Å². The van der Waals surface area contributed by atoms with Crippen LogP contribution in [0.4, 0.5) is 27.8 Å². The molecule has 1 aromatic heterocycles. The molecule has 22 heavy (non-hydrogen) atoms. The molecule has 0 aliphatic carbocycles. The Labute approximate surface area is 118 Å². The molecule has 7 nitrogen and oxygen atoms in total. The van der Waals surface area contributed by atoms with E-state index in [2.05, 4.69) is 14.5 Å². The summed E-state index contributed by atoms with van der Waals surface area (Å²) in [6.07, 6.45) is -8.99. The van der Waals surface area contributed by atoms with Crippen LogP contribution in [0, 0.1) is 10.1 Å². The number of alkyl halides is 5. The topological polar surface area (TPSA) is 91.6 Å². The number of halogens is 5. The van der Waals surface area contributed by atoms with Crippen LogP contribution in [0.3, 0.4) is 0 Å². The maximum atomic E-state index is 12.8. The van der Waals surface area contributed by atoms with Crippen molar-refractivity contribution in [2.45, 2.75) is 19.7 Å². The van der Waals surface area contributed by atoms with Crippen molar-refractivity contribution in [1.82, 2.24) is 4.98 Å². The van der Waals surface area contributed by atoms with Gasteiger partial charge >= 0.3 is 23.8 Å². The number of nitro groups is 1. The summed E-state index contributed by atoms with van der Waals surface area (Å²) in [7, 11) is 0. The summed E-state index contributed by atoms with van der Waals surface area (Å²) in [4.78, 5) is 23.8. The number of carbonyl (C=O) groups excluding carboxylic acids is 1. The maximum Gasteiger partial charge on any atom is 0.573 e. The third-order valence-corrected chi connectivity index (χ3v) is 2.10. The van der Waals surface area contributed by atoms with E-state index in [0.717, 1.165) is 0 Å². The normalized spacial score (nSPS) is 11.4. The molecule has 0 atom stereocenters. The largest absolute Gasteiger partial charge is 0.573 e. The average Bonchev–Trinajstić information content (AvgIpc) is 2.36. The molecular weight excluding hydrogens is 323 g/mol. The first-order valence-electron chi connectivity index (χ1n) is 5.47. The van der Waals surface area contributed by atoms with E-state index >= 15 is 0 Å². The fraction of sp³-hybridized carbons (Fsp3) is 0.400. The van der Waals surface area contributed by atoms with Crippen molar-refractivity contribution in [2.24, 2.45) is 0 Å². The van der Waals surface area contributed by atoms with Gasteiger partial charge in [0.15, 0.2) is 5.75 Å². The van der Waals surface area contributed by atoms with Gasteiger partial charge in [-0.1, -0.05) is 0 Å². The number of rotatable bonds is 5. The van der Waals surface area contributed by atoms with Crippen LogP contribution in [0.5, 0.6) is 5.75 Å². The summed E-state index contributed by atoms with van der Waals surface area (Å²) in [5, 5.41) is 10.6. The number of aromatic nitrogens is 1. The van der Waals surface area contributed by atoms with Gasteiger partial charge in [-0.3, -0.25) is 0 Å². The lowest BCUT2D eigenvalue weighted by molar-refractivity contribution is -0.389. The number of pyridine rings is 1. The number of carbonyl (C=O) groups is 1. The minimum absolute atomic E-state index is 0.0917. The SMILES string of the molecule is CCOC(=O)c1nc([N+](=O)[O-])cc(C(F)F)c1OC(F)(F)F. The van der Waals surface area contributed by atoms with Gasteiger partial charge in [0.2, 0.25) is 0 Å². The second-order valence-electron chi connectivity index (χ2n) is 3.57. The highest BCUT2D eigenvalue weighted by Gasteiger charge is 2.40. The summed E-state index contributed by atoms with van der Waals surface area (Å²) in [6.45, 7) is 0.965. The number of hydrogen-bond donors (Lipinski definition) is 0. The Morgan fingerprint density at radius 1 is 1.45 bits per heavy atom. The van der Waals surface area contributed by atoms with Crippen molar-refractivity contribution >= 4 is 11.8 Å². The minimum Gasteiger partial charge on any atom is -0.460 e. The lowest BCUT2D eigenvalue weighted by Gasteiger charge is -2.13. The van der Waals surface area contributed by atoms with Crippen molar-refractivity contribution in [2.75, 3.05) is 6.61 Å². The quantitative estimate of drug-likeness (QED) is 0.357. The van der Waals surface area contributed by atoms with Gasteiger partial charge in [-0.25, -0.2) is 13.6 Å². The molecule has 12 heteroatoms. The molecule has 0 unspecified atom stereocenters. The Hall–Kier alpha value is -2.53. The lowest BCUT2D eigenvalue weighted by atomic mass is 10.2. The van der Waals surface area contributed by atoms with Crippen LogP contribution in [0.25, 0.3) is 0 Å². The van der Waals surface area contributed by atoms with E-state index in [1.807, 2.05) is 0 Å². The van der Waals surface area contributed by atoms with Gasteiger partial charge < -0.3 is 19.6 Å². The highest BCUT2D eigenvalue weighted by atomic mass is 19.4. The Kier molecular flexibility index (Phi) is 5.17. The van der Waals surface area contributed by atoms with Gasteiger partial charge in [0, 0.05) is 6.07 Å². The Morgan fingerprint density at radius 2 is 2.05 bits per heavy atom. The molecule has 0 bridgehead atoms. The monoisotopic (exact) mass is 330 g/mol. The zero-order chi connectivity index (χ0) is 17.1. The standard InChI is InChI=1S/C10H7F5N2O5/c1-2-21-9(18)6-7(22-10(13,14)15)4(8(11)12)3-5(16-6)17(19)20/h3,8H,2H2,1H3.